The van der Waals surface area contributed by atoms with Crippen LogP contribution in [0.4, 0.5) is 0 Å². The monoisotopic (exact) mass is 460 g/mol. The maximum Gasteiger partial charge on any atom is 0.238 e. The standard InChI is InChI=1S/C26H28N4O2S/c31-24(28-29-26(33)27-18-21-10-4-1-5-11-21)16-17-25(32)30(19-22-12-6-2-7-13-22)20-23-14-8-3-9-15-23/h1-15H,16-20H2,(H,28,31)(H2,27,29,33). The average Bonchev–Trinajstić information content (AvgIpc) is 2.86. The van der Waals surface area contributed by atoms with Gasteiger partial charge in [0.2, 0.25) is 11.8 Å². The van der Waals surface area contributed by atoms with E-state index in [4.69, 9.17) is 12.2 Å². The highest BCUT2D eigenvalue weighted by molar-refractivity contribution is 7.80. The summed E-state index contributed by atoms with van der Waals surface area (Å²) in [6.07, 6.45) is 0.171. The third-order valence-electron chi connectivity index (χ3n) is 4.96. The molecule has 0 radical (unpaired) electrons. The van der Waals surface area contributed by atoms with Gasteiger partial charge in [-0.25, -0.2) is 0 Å². The second-order valence-corrected chi connectivity index (χ2v) is 7.97. The summed E-state index contributed by atoms with van der Waals surface area (Å²) in [6, 6.07) is 29.5. The van der Waals surface area contributed by atoms with E-state index in [0.29, 0.717) is 24.7 Å². The van der Waals surface area contributed by atoms with Gasteiger partial charge in [0.05, 0.1) is 0 Å². The van der Waals surface area contributed by atoms with Crippen molar-refractivity contribution in [1.82, 2.24) is 21.1 Å². The fourth-order valence-electron chi connectivity index (χ4n) is 3.23. The van der Waals surface area contributed by atoms with E-state index in [1.807, 2.05) is 91.0 Å². The highest BCUT2D eigenvalue weighted by Gasteiger charge is 2.16. The van der Waals surface area contributed by atoms with Crippen LogP contribution in [-0.4, -0.2) is 21.8 Å². The maximum absolute atomic E-state index is 12.9. The van der Waals surface area contributed by atoms with Crippen LogP contribution in [0.2, 0.25) is 0 Å². The molecule has 0 fully saturated rings. The molecular weight excluding hydrogens is 432 g/mol. The Balaban J connectivity index is 1.46. The van der Waals surface area contributed by atoms with Crippen molar-refractivity contribution in [3.63, 3.8) is 0 Å². The molecule has 3 N–H and O–H groups in total. The Labute approximate surface area is 200 Å². The summed E-state index contributed by atoms with van der Waals surface area (Å²) in [5.41, 5.74) is 8.40. The van der Waals surface area contributed by atoms with Crippen LogP contribution in [0, 0.1) is 0 Å². The van der Waals surface area contributed by atoms with Gasteiger partial charge in [0.25, 0.3) is 0 Å². The summed E-state index contributed by atoms with van der Waals surface area (Å²) in [6.45, 7) is 1.53. The van der Waals surface area contributed by atoms with Crippen molar-refractivity contribution in [2.75, 3.05) is 0 Å². The smallest absolute Gasteiger partial charge is 0.238 e. The number of amides is 2. The summed E-state index contributed by atoms with van der Waals surface area (Å²) in [5, 5.41) is 3.34. The quantitative estimate of drug-likeness (QED) is 0.336. The lowest BCUT2D eigenvalue weighted by Crippen LogP contribution is -2.46. The molecule has 0 heterocycles. The Hall–Kier alpha value is -3.71. The van der Waals surface area contributed by atoms with E-state index in [9.17, 15) is 9.59 Å². The van der Waals surface area contributed by atoms with Gasteiger partial charge in [0.1, 0.15) is 0 Å². The van der Waals surface area contributed by atoms with E-state index < -0.39 is 0 Å². The van der Waals surface area contributed by atoms with Gasteiger partial charge in [-0.15, -0.1) is 0 Å². The minimum absolute atomic E-state index is 0.0627. The van der Waals surface area contributed by atoms with Crippen molar-refractivity contribution >= 4 is 29.1 Å². The minimum Gasteiger partial charge on any atom is -0.357 e. The van der Waals surface area contributed by atoms with Crippen LogP contribution < -0.4 is 16.2 Å². The molecule has 2 amide bonds. The normalized spacial score (nSPS) is 10.2. The molecule has 0 unspecified atom stereocenters. The summed E-state index contributed by atoms with van der Waals surface area (Å²) in [5.74, 6) is -0.380. The molecule has 0 saturated heterocycles. The average molecular weight is 461 g/mol. The van der Waals surface area contributed by atoms with Crippen LogP contribution in [0.15, 0.2) is 91.0 Å². The molecule has 0 spiro atoms. The number of nitrogens with one attached hydrogen (secondary N) is 3. The number of carbonyl (C=O) groups is 2. The first-order chi connectivity index (χ1) is 16.1. The van der Waals surface area contributed by atoms with Crippen LogP contribution in [-0.2, 0) is 29.2 Å². The second-order valence-electron chi connectivity index (χ2n) is 7.56. The van der Waals surface area contributed by atoms with Crippen molar-refractivity contribution in [3.05, 3.63) is 108 Å². The second kappa shape index (κ2) is 13.0. The molecule has 0 aliphatic rings. The molecule has 0 aliphatic carbocycles. The number of nitrogens with zero attached hydrogens (tertiary/aromatic N) is 1. The highest BCUT2D eigenvalue weighted by atomic mass is 32.1. The number of hydrogen-bond donors (Lipinski definition) is 3. The van der Waals surface area contributed by atoms with Crippen LogP contribution >= 0.6 is 12.2 Å². The van der Waals surface area contributed by atoms with Crippen molar-refractivity contribution in [3.8, 4) is 0 Å². The number of carbonyl (C=O) groups excluding carboxylic acids is 2. The van der Waals surface area contributed by atoms with Crippen LogP contribution in [0.25, 0.3) is 0 Å². The molecule has 0 aromatic heterocycles. The summed E-state index contributed by atoms with van der Waals surface area (Å²) in [7, 11) is 0. The Kier molecular flexibility index (Phi) is 9.42. The molecule has 0 bridgehead atoms. The van der Waals surface area contributed by atoms with Gasteiger partial charge < -0.3 is 10.2 Å². The predicted octanol–water partition coefficient (Wildman–Crippen LogP) is 3.69. The first kappa shape index (κ1) is 23.9. The van der Waals surface area contributed by atoms with E-state index >= 15 is 0 Å². The fourth-order valence-corrected chi connectivity index (χ4v) is 3.35. The topological polar surface area (TPSA) is 73.5 Å². The number of hydrazine groups is 1. The van der Waals surface area contributed by atoms with E-state index in [1.54, 1.807) is 4.90 Å². The largest absolute Gasteiger partial charge is 0.357 e. The van der Waals surface area contributed by atoms with Crippen LogP contribution in [0.5, 0.6) is 0 Å². The number of thiocarbonyl (C=S) groups is 1. The molecule has 0 saturated carbocycles. The lowest BCUT2D eigenvalue weighted by Gasteiger charge is -2.23. The van der Waals surface area contributed by atoms with Crippen molar-refractivity contribution in [2.24, 2.45) is 0 Å². The molecular formula is C26H28N4O2S. The van der Waals surface area contributed by atoms with E-state index in [-0.39, 0.29) is 24.7 Å². The number of rotatable bonds is 9. The van der Waals surface area contributed by atoms with E-state index in [0.717, 1.165) is 16.7 Å². The molecule has 6 nitrogen and oxygen atoms in total. The van der Waals surface area contributed by atoms with Crippen molar-refractivity contribution < 1.29 is 9.59 Å². The fraction of sp³-hybridized carbons (Fsp3) is 0.192. The van der Waals surface area contributed by atoms with Gasteiger partial charge in [-0.05, 0) is 28.9 Å². The minimum atomic E-state index is -0.299. The van der Waals surface area contributed by atoms with Gasteiger partial charge >= 0.3 is 0 Å². The summed E-state index contributed by atoms with van der Waals surface area (Å²) in [4.78, 5) is 27.0. The lowest BCUT2D eigenvalue weighted by atomic mass is 10.1. The Morgan fingerprint density at radius 3 is 1.67 bits per heavy atom. The zero-order chi connectivity index (χ0) is 23.3. The van der Waals surface area contributed by atoms with E-state index in [1.165, 1.54) is 0 Å². The van der Waals surface area contributed by atoms with Gasteiger partial charge in [-0.1, -0.05) is 91.0 Å². The molecule has 0 atom stereocenters. The zero-order valence-electron chi connectivity index (χ0n) is 18.4. The van der Waals surface area contributed by atoms with E-state index in [2.05, 4.69) is 16.2 Å². The third kappa shape index (κ3) is 8.74. The third-order valence-corrected chi connectivity index (χ3v) is 5.21. The SMILES string of the molecule is O=C(CCC(=O)N(Cc1ccccc1)Cc1ccccc1)NNC(=S)NCc1ccccc1. The van der Waals surface area contributed by atoms with Crippen molar-refractivity contribution in [1.29, 1.82) is 0 Å². The summed E-state index contributed by atoms with van der Waals surface area (Å²) < 4.78 is 0. The molecule has 3 aromatic carbocycles. The van der Waals surface area contributed by atoms with Crippen LogP contribution in [0.3, 0.4) is 0 Å². The molecule has 170 valence electrons. The highest BCUT2D eigenvalue weighted by Crippen LogP contribution is 2.12. The predicted molar refractivity (Wildman–Crippen MR) is 134 cm³/mol. The van der Waals surface area contributed by atoms with Gasteiger partial charge in [-0.3, -0.25) is 20.4 Å². The Morgan fingerprint density at radius 1 is 0.667 bits per heavy atom. The van der Waals surface area contributed by atoms with Gasteiger partial charge in [0.15, 0.2) is 5.11 Å². The number of benzene rings is 3. The van der Waals surface area contributed by atoms with Gasteiger partial charge in [-0.2, -0.15) is 0 Å². The van der Waals surface area contributed by atoms with Crippen LogP contribution in [0.1, 0.15) is 29.5 Å². The lowest BCUT2D eigenvalue weighted by molar-refractivity contribution is -0.134. The molecule has 0 aliphatic heterocycles. The first-order valence-corrected chi connectivity index (χ1v) is 11.2. The first-order valence-electron chi connectivity index (χ1n) is 10.8. The maximum atomic E-state index is 12.9. The molecule has 3 aromatic rings. The summed E-state index contributed by atoms with van der Waals surface area (Å²) >= 11 is 5.18. The number of hydrogen-bond acceptors (Lipinski definition) is 3. The molecule has 3 rings (SSSR count). The Morgan fingerprint density at radius 2 is 1.15 bits per heavy atom. The molecule has 7 heteroatoms. The van der Waals surface area contributed by atoms with Gasteiger partial charge in [0, 0.05) is 32.5 Å². The van der Waals surface area contributed by atoms with Crippen molar-refractivity contribution in [2.45, 2.75) is 32.5 Å². The Bertz CT molecular complexity index is 988. The molecule has 33 heavy (non-hydrogen) atoms. The zero-order valence-corrected chi connectivity index (χ0v) is 19.2.